The number of imidazole rings is 1. The maximum atomic E-state index is 5.94. The zero-order chi connectivity index (χ0) is 14.2. The van der Waals surface area contributed by atoms with Crippen LogP contribution in [0.5, 0.6) is 0 Å². The van der Waals surface area contributed by atoms with Gasteiger partial charge in [0.15, 0.2) is 10.2 Å². The number of nitrogens with one attached hydrogen (secondary N) is 2. The number of H-pyrrole nitrogens is 1. The number of rotatable bonds is 3. The lowest BCUT2D eigenvalue weighted by Crippen LogP contribution is -2.30. The van der Waals surface area contributed by atoms with Crippen LogP contribution in [0.15, 0.2) is 39.5 Å². The van der Waals surface area contributed by atoms with Crippen LogP contribution in [0.2, 0.25) is 0 Å². The molecule has 1 atom stereocenters. The summed E-state index contributed by atoms with van der Waals surface area (Å²) in [4.78, 5) is 7.59. The molecule has 0 unspecified atom stereocenters. The SMILES string of the molecule is Cn1cnnc1Sc1ccc([C@H]2NCCc3[nH]cnc32)o1. The Kier molecular flexibility index (Phi) is 3.04. The maximum Gasteiger partial charge on any atom is 0.198 e. The fraction of sp³-hybridized carbons (Fsp3) is 0.308. The average Bonchev–Trinajstić information content (AvgIpc) is 3.21. The van der Waals surface area contributed by atoms with Crippen LogP contribution in [-0.2, 0) is 13.5 Å². The third kappa shape index (κ3) is 2.26. The van der Waals surface area contributed by atoms with Crippen LogP contribution in [-0.4, -0.2) is 31.3 Å². The van der Waals surface area contributed by atoms with E-state index in [4.69, 9.17) is 4.42 Å². The van der Waals surface area contributed by atoms with Crippen molar-refractivity contribution in [1.29, 1.82) is 0 Å². The highest BCUT2D eigenvalue weighted by Gasteiger charge is 2.26. The van der Waals surface area contributed by atoms with Crippen molar-refractivity contribution in [3.8, 4) is 0 Å². The molecule has 0 bridgehead atoms. The van der Waals surface area contributed by atoms with Crippen molar-refractivity contribution >= 4 is 11.8 Å². The third-order valence-electron chi connectivity index (χ3n) is 3.50. The quantitative estimate of drug-likeness (QED) is 0.763. The standard InChI is InChI=1S/C13H14N6OS/c1-19-7-17-18-13(19)21-10-3-2-9(20-10)12-11-8(4-5-14-12)15-6-16-11/h2-3,6-7,12,14H,4-5H2,1H3,(H,15,16)/t12-/m1/s1. The summed E-state index contributed by atoms with van der Waals surface area (Å²) in [5.74, 6) is 0.868. The van der Waals surface area contributed by atoms with Gasteiger partial charge in [-0.05, 0) is 23.9 Å². The molecule has 21 heavy (non-hydrogen) atoms. The largest absolute Gasteiger partial charge is 0.452 e. The zero-order valence-corrected chi connectivity index (χ0v) is 12.2. The van der Waals surface area contributed by atoms with Crippen LogP contribution < -0.4 is 5.32 Å². The predicted octanol–water partition coefficient (Wildman–Crippen LogP) is 1.52. The van der Waals surface area contributed by atoms with E-state index in [0.717, 1.165) is 34.7 Å². The van der Waals surface area contributed by atoms with Crippen molar-refractivity contribution in [3.63, 3.8) is 0 Å². The zero-order valence-electron chi connectivity index (χ0n) is 11.4. The molecule has 0 fully saturated rings. The first-order chi connectivity index (χ1) is 10.3. The predicted molar refractivity (Wildman–Crippen MR) is 76.0 cm³/mol. The van der Waals surface area contributed by atoms with E-state index in [9.17, 15) is 0 Å². The van der Waals surface area contributed by atoms with E-state index < -0.39 is 0 Å². The van der Waals surface area contributed by atoms with Crippen LogP contribution in [0.4, 0.5) is 0 Å². The van der Waals surface area contributed by atoms with Gasteiger partial charge in [0.2, 0.25) is 0 Å². The molecular weight excluding hydrogens is 288 g/mol. The molecule has 0 saturated carbocycles. The Morgan fingerprint density at radius 1 is 1.43 bits per heavy atom. The van der Waals surface area contributed by atoms with Crippen LogP contribution in [0, 0.1) is 0 Å². The lowest BCUT2D eigenvalue weighted by atomic mass is 10.0. The minimum atomic E-state index is 0.00819. The third-order valence-corrected chi connectivity index (χ3v) is 4.47. The maximum absolute atomic E-state index is 5.94. The fourth-order valence-corrected chi connectivity index (χ4v) is 3.19. The molecule has 0 aliphatic carbocycles. The molecule has 3 aromatic rings. The summed E-state index contributed by atoms with van der Waals surface area (Å²) in [6.45, 7) is 0.909. The summed E-state index contributed by atoms with van der Waals surface area (Å²) in [5.41, 5.74) is 2.20. The molecule has 0 radical (unpaired) electrons. The molecule has 108 valence electrons. The average molecular weight is 302 g/mol. The second-order valence-corrected chi connectivity index (χ2v) is 5.86. The molecule has 0 saturated heterocycles. The molecule has 8 heteroatoms. The fourth-order valence-electron chi connectivity index (χ4n) is 2.45. The summed E-state index contributed by atoms with van der Waals surface area (Å²) in [6, 6.07) is 3.95. The van der Waals surface area contributed by atoms with Gasteiger partial charge in [0.05, 0.1) is 12.0 Å². The van der Waals surface area contributed by atoms with Crippen LogP contribution in [0.1, 0.15) is 23.2 Å². The lowest BCUT2D eigenvalue weighted by Gasteiger charge is -2.20. The number of hydrogen-bond acceptors (Lipinski definition) is 6. The molecule has 1 aliphatic heterocycles. The lowest BCUT2D eigenvalue weighted by molar-refractivity contribution is 0.382. The normalized spacial score (nSPS) is 17.9. The van der Waals surface area contributed by atoms with Gasteiger partial charge in [-0.2, -0.15) is 0 Å². The van der Waals surface area contributed by atoms with Gasteiger partial charge in [0.25, 0.3) is 0 Å². The minimum Gasteiger partial charge on any atom is -0.452 e. The van der Waals surface area contributed by atoms with Crippen molar-refractivity contribution in [2.45, 2.75) is 22.7 Å². The molecule has 4 rings (SSSR count). The van der Waals surface area contributed by atoms with Gasteiger partial charge in [0.1, 0.15) is 18.1 Å². The van der Waals surface area contributed by atoms with Crippen LogP contribution >= 0.6 is 11.8 Å². The van der Waals surface area contributed by atoms with Crippen molar-refractivity contribution in [2.75, 3.05) is 6.54 Å². The summed E-state index contributed by atoms with van der Waals surface area (Å²) in [5, 5.41) is 12.9. The van der Waals surface area contributed by atoms with E-state index in [1.807, 2.05) is 23.7 Å². The number of nitrogens with zero attached hydrogens (tertiary/aromatic N) is 4. The number of hydrogen-bond donors (Lipinski definition) is 2. The van der Waals surface area contributed by atoms with Crippen molar-refractivity contribution in [1.82, 2.24) is 30.0 Å². The molecule has 7 nitrogen and oxygen atoms in total. The van der Waals surface area contributed by atoms with E-state index in [0.29, 0.717) is 0 Å². The Morgan fingerprint density at radius 2 is 2.38 bits per heavy atom. The van der Waals surface area contributed by atoms with E-state index >= 15 is 0 Å². The Hall–Kier alpha value is -2.06. The molecule has 0 amide bonds. The molecular formula is C13H14N6OS. The van der Waals surface area contributed by atoms with E-state index in [-0.39, 0.29) is 6.04 Å². The Morgan fingerprint density at radius 3 is 3.24 bits per heavy atom. The Bertz CT molecular complexity index is 760. The number of furan rings is 1. The second kappa shape index (κ2) is 5.05. The Balaban J connectivity index is 1.60. The smallest absolute Gasteiger partial charge is 0.198 e. The molecule has 1 aliphatic rings. The van der Waals surface area contributed by atoms with Gasteiger partial charge in [-0.1, -0.05) is 0 Å². The molecule has 0 spiro atoms. The highest BCUT2D eigenvalue weighted by Crippen LogP contribution is 2.32. The highest BCUT2D eigenvalue weighted by molar-refractivity contribution is 7.99. The van der Waals surface area contributed by atoms with Gasteiger partial charge >= 0.3 is 0 Å². The summed E-state index contributed by atoms with van der Waals surface area (Å²) >= 11 is 1.46. The van der Waals surface area contributed by atoms with Gasteiger partial charge in [-0.3, -0.25) is 0 Å². The van der Waals surface area contributed by atoms with Gasteiger partial charge in [0, 0.05) is 25.7 Å². The molecule has 2 N–H and O–H groups in total. The van der Waals surface area contributed by atoms with Crippen molar-refractivity contribution in [2.24, 2.45) is 7.05 Å². The second-order valence-electron chi connectivity index (χ2n) is 4.89. The summed E-state index contributed by atoms with van der Waals surface area (Å²) < 4.78 is 7.80. The Labute approximate surface area is 125 Å². The minimum absolute atomic E-state index is 0.00819. The first-order valence-electron chi connectivity index (χ1n) is 6.68. The van der Waals surface area contributed by atoms with Gasteiger partial charge in [-0.15, -0.1) is 10.2 Å². The molecule has 4 heterocycles. The highest BCUT2D eigenvalue weighted by atomic mass is 32.2. The van der Waals surface area contributed by atoms with E-state index in [1.54, 1.807) is 12.7 Å². The first kappa shape index (κ1) is 12.7. The number of aromatic nitrogens is 5. The van der Waals surface area contributed by atoms with Crippen molar-refractivity contribution in [3.05, 3.63) is 41.9 Å². The van der Waals surface area contributed by atoms with Gasteiger partial charge in [-0.25, -0.2) is 4.98 Å². The van der Waals surface area contributed by atoms with E-state index in [1.165, 1.54) is 17.5 Å². The number of aryl methyl sites for hydroxylation is 1. The van der Waals surface area contributed by atoms with Crippen LogP contribution in [0.3, 0.4) is 0 Å². The molecule has 0 aromatic carbocycles. The first-order valence-corrected chi connectivity index (χ1v) is 7.50. The van der Waals surface area contributed by atoms with Gasteiger partial charge < -0.3 is 19.3 Å². The monoisotopic (exact) mass is 302 g/mol. The summed E-state index contributed by atoms with van der Waals surface area (Å²) in [7, 11) is 1.91. The summed E-state index contributed by atoms with van der Waals surface area (Å²) in [6.07, 6.45) is 4.38. The van der Waals surface area contributed by atoms with Crippen LogP contribution in [0.25, 0.3) is 0 Å². The van der Waals surface area contributed by atoms with E-state index in [2.05, 4.69) is 25.5 Å². The molecule has 3 aromatic heterocycles. The van der Waals surface area contributed by atoms with Crippen molar-refractivity contribution < 1.29 is 4.42 Å². The topological polar surface area (TPSA) is 84.6 Å². The number of fused-ring (bicyclic) bond motifs is 1. The number of aromatic amines is 1.